The Bertz CT molecular complexity index is 753. The molecular formula is C11H10N2O4S. The molecule has 0 unspecified atom stereocenters. The van der Waals surface area contributed by atoms with Crippen molar-refractivity contribution in [1.82, 2.24) is 0 Å². The number of fused-ring (bicyclic) bond motifs is 1. The van der Waals surface area contributed by atoms with Crippen molar-refractivity contribution in [2.45, 2.75) is 4.90 Å². The Hall–Kier alpha value is -2.12. The summed E-state index contributed by atoms with van der Waals surface area (Å²) < 4.78 is 22.4. The van der Waals surface area contributed by atoms with Crippen LogP contribution in [0, 0.1) is 0 Å². The van der Waals surface area contributed by atoms with Gasteiger partial charge in [0, 0.05) is 0 Å². The lowest BCUT2D eigenvalue weighted by Gasteiger charge is -2.05. The van der Waals surface area contributed by atoms with Crippen LogP contribution in [0.2, 0.25) is 0 Å². The molecule has 1 amide bonds. The van der Waals surface area contributed by atoms with Crippen molar-refractivity contribution in [2.24, 2.45) is 10.9 Å². The molecule has 18 heavy (non-hydrogen) atoms. The number of amides is 1. The van der Waals surface area contributed by atoms with Gasteiger partial charge in [-0.2, -0.15) is 0 Å². The summed E-state index contributed by atoms with van der Waals surface area (Å²) in [5, 5.41) is 15.6. The monoisotopic (exact) mass is 266 g/mol. The topological polar surface area (TPSA) is 123 Å². The van der Waals surface area contributed by atoms with Crippen LogP contribution in [0.4, 0.5) is 0 Å². The molecule has 0 bridgehead atoms. The van der Waals surface area contributed by atoms with Crippen LogP contribution >= 0.6 is 0 Å². The van der Waals surface area contributed by atoms with Gasteiger partial charge in [0.15, 0.2) is 0 Å². The van der Waals surface area contributed by atoms with E-state index in [9.17, 15) is 18.3 Å². The molecule has 2 rings (SSSR count). The fraction of sp³-hybridized carbons (Fsp3) is 0. The molecule has 5 N–H and O–H groups in total. The number of nitrogens with two attached hydrogens (primary N) is 2. The van der Waals surface area contributed by atoms with Gasteiger partial charge in [0.1, 0.15) is 5.75 Å². The number of primary sulfonamides is 1. The number of carbonyl (C=O) groups is 1. The molecule has 2 aromatic carbocycles. The maximum atomic E-state index is 11.2. The Balaban J connectivity index is 2.74. The molecular weight excluding hydrogens is 256 g/mol. The van der Waals surface area contributed by atoms with Crippen LogP contribution in [0.15, 0.2) is 35.2 Å². The first-order valence-electron chi connectivity index (χ1n) is 4.88. The van der Waals surface area contributed by atoms with Crippen molar-refractivity contribution in [2.75, 3.05) is 0 Å². The van der Waals surface area contributed by atoms with Crippen molar-refractivity contribution >= 4 is 26.7 Å². The molecule has 6 nitrogen and oxygen atoms in total. The average Bonchev–Trinajstić information content (AvgIpc) is 2.25. The molecule has 2 aromatic rings. The highest BCUT2D eigenvalue weighted by Gasteiger charge is 2.12. The summed E-state index contributed by atoms with van der Waals surface area (Å²) in [6.45, 7) is 0. The largest absolute Gasteiger partial charge is 0.507 e. The summed E-state index contributed by atoms with van der Waals surface area (Å²) >= 11 is 0. The molecule has 0 radical (unpaired) electrons. The molecule has 0 atom stereocenters. The van der Waals surface area contributed by atoms with Crippen LogP contribution in [0.3, 0.4) is 0 Å². The minimum atomic E-state index is -3.81. The number of carbonyl (C=O) groups excluding carboxylic acids is 1. The summed E-state index contributed by atoms with van der Waals surface area (Å²) in [5.41, 5.74) is 5.07. The molecule has 7 heteroatoms. The van der Waals surface area contributed by atoms with Gasteiger partial charge in [-0.05, 0) is 35.0 Å². The number of rotatable bonds is 2. The second-order valence-electron chi connectivity index (χ2n) is 3.79. The maximum Gasteiger partial charge on any atom is 0.252 e. The van der Waals surface area contributed by atoms with Gasteiger partial charge in [-0.25, -0.2) is 13.6 Å². The molecule has 0 fully saturated rings. The number of primary amides is 1. The normalized spacial score (nSPS) is 11.6. The van der Waals surface area contributed by atoms with Crippen molar-refractivity contribution in [3.05, 3.63) is 35.9 Å². The molecule has 0 saturated carbocycles. The highest BCUT2D eigenvalue weighted by molar-refractivity contribution is 7.89. The van der Waals surface area contributed by atoms with Crippen LogP contribution in [0.5, 0.6) is 5.75 Å². The highest BCUT2D eigenvalue weighted by atomic mass is 32.2. The third kappa shape index (κ3) is 2.13. The second kappa shape index (κ2) is 3.97. The van der Waals surface area contributed by atoms with E-state index in [-0.39, 0.29) is 16.2 Å². The summed E-state index contributed by atoms with van der Waals surface area (Å²) in [7, 11) is -3.81. The summed E-state index contributed by atoms with van der Waals surface area (Å²) in [5.74, 6) is -1.06. The summed E-state index contributed by atoms with van der Waals surface area (Å²) in [6.07, 6.45) is 0. The van der Waals surface area contributed by atoms with Crippen molar-refractivity contribution < 1.29 is 18.3 Å². The van der Waals surface area contributed by atoms with Gasteiger partial charge in [-0.3, -0.25) is 4.79 Å². The summed E-state index contributed by atoms with van der Waals surface area (Å²) in [6, 6.07) is 6.78. The van der Waals surface area contributed by atoms with Crippen molar-refractivity contribution in [3.63, 3.8) is 0 Å². The molecule has 0 aliphatic heterocycles. The number of hydrogen-bond acceptors (Lipinski definition) is 4. The van der Waals surface area contributed by atoms with Crippen molar-refractivity contribution in [3.8, 4) is 5.75 Å². The fourth-order valence-corrected chi connectivity index (χ4v) is 2.19. The lowest BCUT2D eigenvalue weighted by atomic mass is 10.1. The van der Waals surface area contributed by atoms with Gasteiger partial charge in [-0.1, -0.05) is 6.07 Å². The number of hydrogen-bond donors (Lipinski definition) is 3. The Morgan fingerprint density at radius 3 is 2.33 bits per heavy atom. The van der Waals surface area contributed by atoms with Gasteiger partial charge >= 0.3 is 0 Å². The zero-order valence-electron chi connectivity index (χ0n) is 9.12. The molecule has 94 valence electrons. The number of sulfonamides is 1. The van der Waals surface area contributed by atoms with Crippen LogP contribution in [-0.2, 0) is 10.0 Å². The Morgan fingerprint density at radius 2 is 1.78 bits per heavy atom. The van der Waals surface area contributed by atoms with E-state index < -0.39 is 15.9 Å². The van der Waals surface area contributed by atoms with Gasteiger partial charge in [0.25, 0.3) is 5.91 Å². The first-order chi connectivity index (χ1) is 8.29. The highest BCUT2D eigenvalue weighted by Crippen LogP contribution is 2.26. The summed E-state index contributed by atoms with van der Waals surface area (Å²) in [4.78, 5) is 11.0. The van der Waals surface area contributed by atoms with E-state index >= 15 is 0 Å². The lowest BCUT2D eigenvalue weighted by Crippen LogP contribution is -2.12. The lowest BCUT2D eigenvalue weighted by molar-refractivity contribution is 0.0998. The first kappa shape index (κ1) is 12.3. The van der Waals surface area contributed by atoms with Gasteiger partial charge < -0.3 is 10.8 Å². The Morgan fingerprint density at radius 1 is 1.11 bits per heavy atom. The third-order valence-corrected chi connectivity index (χ3v) is 3.43. The minimum absolute atomic E-state index is 0.0224. The first-order valence-corrected chi connectivity index (χ1v) is 6.43. The predicted octanol–water partition coefficient (Wildman–Crippen LogP) is 0.292. The standard InChI is InChI=1S/C11H10N2O4S/c12-11(15)9-4-6-1-2-8(18(13,16)17)3-7(6)5-10(9)14/h1-5,14H,(H2,12,15)(H2,13,16,17). The van der Waals surface area contributed by atoms with E-state index in [1.807, 2.05) is 0 Å². The number of benzene rings is 2. The van der Waals surface area contributed by atoms with E-state index in [2.05, 4.69) is 0 Å². The molecule has 0 aromatic heterocycles. The number of aromatic hydroxyl groups is 1. The van der Waals surface area contributed by atoms with Gasteiger partial charge in [-0.15, -0.1) is 0 Å². The Kier molecular flexibility index (Phi) is 2.72. The zero-order valence-corrected chi connectivity index (χ0v) is 9.94. The van der Waals surface area contributed by atoms with E-state index in [1.165, 1.54) is 30.3 Å². The predicted molar refractivity (Wildman–Crippen MR) is 65.5 cm³/mol. The van der Waals surface area contributed by atoms with Crippen molar-refractivity contribution in [1.29, 1.82) is 0 Å². The second-order valence-corrected chi connectivity index (χ2v) is 5.35. The van der Waals surface area contributed by atoms with Gasteiger partial charge in [0.05, 0.1) is 10.5 Å². The zero-order chi connectivity index (χ0) is 13.5. The van der Waals surface area contributed by atoms with E-state index in [4.69, 9.17) is 10.9 Å². The van der Waals surface area contributed by atoms with Gasteiger partial charge in [0.2, 0.25) is 10.0 Å². The molecule has 0 saturated heterocycles. The maximum absolute atomic E-state index is 11.2. The molecule has 0 heterocycles. The SMILES string of the molecule is NC(=O)c1cc2ccc(S(N)(=O)=O)cc2cc1O. The van der Waals surface area contributed by atoms with E-state index in [0.717, 1.165) is 0 Å². The van der Waals surface area contributed by atoms with E-state index in [1.54, 1.807) is 0 Å². The van der Waals surface area contributed by atoms with Crippen LogP contribution in [0.1, 0.15) is 10.4 Å². The van der Waals surface area contributed by atoms with E-state index in [0.29, 0.717) is 10.8 Å². The fourth-order valence-electron chi connectivity index (χ4n) is 1.64. The van der Waals surface area contributed by atoms with Crippen LogP contribution in [-0.4, -0.2) is 19.4 Å². The minimum Gasteiger partial charge on any atom is -0.507 e. The van der Waals surface area contributed by atoms with Crippen LogP contribution in [0.25, 0.3) is 10.8 Å². The van der Waals surface area contributed by atoms with Crippen LogP contribution < -0.4 is 10.9 Å². The third-order valence-electron chi connectivity index (χ3n) is 2.52. The smallest absolute Gasteiger partial charge is 0.252 e. The molecule has 0 aliphatic carbocycles. The quantitative estimate of drug-likeness (QED) is 0.722. The average molecular weight is 266 g/mol. The number of phenols is 1. The Labute approximate surface area is 103 Å². The molecule has 0 spiro atoms. The molecule has 0 aliphatic rings.